The highest BCUT2D eigenvalue weighted by atomic mass is 32.2. The maximum Gasteiger partial charge on any atom is 0.182 e. The Morgan fingerprint density at radius 1 is 0.947 bits per heavy atom. The Labute approximate surface area is 112 Å². The van der Waals surface area contributed by atoms with Crippen molar-refractivity contribution in [2.24, 2.45) is 0 Å². The lowest BCUT2D eigenvalue weighted by atomic mass is 10.1. The van der Waals surface area contributed by atoms with E-state index in [0.717, 1.165) is 28.8 Å². The van der Waals surface area contributed by atoms with Crippen LogP contribution >= 0.6 is 0 Å². The Bertz CT molecular complexity index is 668. The van der Waals surface area contributed by atoms with E-state index in [0.29, 0.717) is 0 Å². The summed E-state index contributed by atoms with van der Waals surface area (Å²) in [7, 11) is -3.43. The fourth-order valence-electron chi connectivity index (χ4n) is 2.10. The van der Waals surface area contributed by atoms with Gasteiger partial charge >= 0.3 is 0 Å². The van der Waals surface area contributed by atoms with Gasteiger partial charge in [-0.3, -0.25) is 0 Å². The second-order valence-corrected chi connectivity index (χ2v) is 6.70. The van der Waals surface area contributed by atoms with Crippen LogP contribution < -0.4 is 0 Å². The number of halogens is 1. The predicted molar refractivity (Wildman–Crippen MR) is 73.2 cm³/mol. The summed E-state index contributed by atoms with van der Waals surface area (Å²) < 4.78 is 37.2. The molecule has 2 aromatic carbocycles. The minimum absolute atomic E-state index is 0.0683. The summed E-state index contributed by atoms with van der Waals surface area (Å²) in [5, 5.41) is 0. The lowest BCUT2D eigenvalue weighted by Crippen LogP contribution is -2.05. The summed E-state index contributed by atoms with van der Waals surface area (Å²) in [6.07, 6.45) is 0. The maximum absolute atomic E-state index is 12.8. The van der Waals surface area contributed by atoms with Gasteiger partial charge in [0.15, 0.2) is 9.84 Å². The minimum Gasteiger partial charge on any atom is -0.223 e. The predicted octanol–water partition coefficient (Wildman–Crippen LogP) is 3.42. The minimum atomic E-state index is -3.43. The second kappa shape index (κ2) is 5.13. The third-order valence-corrected chi connectivity index (χ3v) is 4.51. The summed E-state index contributed by atoms with van der Waals surface area (Å²) >= 11 is 0. The molecule has 0 saturated carbocycles. The van der Waals surface area contributed by atoms with E-state index in [1.54, 1.807) is 0 Å². The van der Waals surface area contributed by atoms with Crippen LogP contribution in [0.15, 0.2) is 47.4 Å². The van der Waals surface area contributed by atoms with E-state index < -0.39 is 15.7 Å². The molecule has 0 spiro atoms. The van der Waals surface area contributed by atoms with Gasteiger partial charge in [-0.1, -0.05) is 29.3 Å². The molecule has 0 saturated heterocycles. The van der Waals surface area contributed by atoms with Crippen molar-refractivity contribution in [3.8, 4) is 0 Å². The van der Waals surface area contributed by atoms with Crippen molar-refractivity contribution in [2.75, 3.05) is 0 Å². The summed E-state index contributed by atoms with van der Waals surface area (Å²) in [6, 6.07) is 10.6. The zero-order valence-electron chi connectivity index (χ0n) is 10.9. The summed E-state index contributed by atoms with van der Waals surface area (Å²) in [6.45, 7) is 3.86. The van der Waals surface area contributed by atoms with Crippen molar-refractivity contribution >= 4 is 9.84 Å². The van der Waals surface area contributed by atoms with Crippen molar-refractivity contribution in [1.82, 2.24) is 0 Å². The Balaban J connectivity index is 2.33. The third kappa shape index (κ3) is 3.41. The monoisotopic (exact) mass is 278 g/mol. The fraction of sp³-hybridized carbons (Fsp3) is 0.200. The molecule has 4 heteroatoms. The molecule has 0 N–H and O–H groups in total. The highest BCUT2D eigenvalue weighted by molar-refractivity contribution is 7.90. The maximum atomic E-state index is 12.8. The largest absolute Gasteiger partial charge is 0.223 e. The van der Waals surface area contributed by atoms with Gasteiger partial charge in [0.05, 0.1) is 10.6 Å². The number of benzene rings is 2. The lowest BCUT2D eigenvalue weighted by molar-refractivity contribution is 0.594. The number of aryl methyl sites for hydroxylation is 2. The van der Waals surface area contributed by atoms with Crippen molar-refractivity contribution in [3.63, 3.8) is 0 Å². The smallest absolute Gasteiger partial charge is 0.182 e. The molecule has 2 aromatic rings. The van der Waals surface area contributed by atoms with E-state index in [-0.39, 0.29) is 10.6 Å². The zero-order chi connectivity index (χ0) is 14.0. The Morgan fingerprint density at radius 3 is 2.00 bits per heavy atom. The average molecular weight is 278 g/mol. The highest BCUT2D eigenvalue weighted by Crippen LogP contribution is 2.18. The molecule has 0 atom stereocenters. The Morgan fingerprint density at radius 2 is 1.47 bits per heavy atom. The first-order valence-corrected chi connectivity index (χ1v) is 7.57. The first kappa shape index (κ1) is 13.7. The molecule has 100 valence electrons. The van der Waals surface area contributed by atoms with Gasteiger partial charge in [-0.05, 0) is 43.7 Å². The molecule has 0 aliphatic carbocycles. The lowest BCUT2D eigenvalue weighted by Gasteiger charge is -2.07. The van der Waals surface area contributed by atoms with Crippen LogP contribution in [0.1, 0.15) is 16.7 Å². The Hall–Kier alpha value is -1.68. The zero-order valence-corrected chi connectivity index (χ0v) is 11.7. The van der Waals surface area contributed by atoms with E-state index >= 15 is 0 Å². The molecule has 0 radical (unpaired) electrons. The van der Waals surface area contributed by atoms with Crippen molar-refractivity contribution < 1.29 is 12.8 Å². The first-order chi connectivity index (χ1) is 8.87. The van der Waals surface area contributed by atoms with Crippen LogP contribution in [0, 0.1) is 19.7 Å². The number of rotatable bonds is 3. The van der Waals surface area contributed by atoms with Gasteiger partial charge in [-0.25, -0.2) is 12.8 Å². The van der Waals surface area contributed by atoms with Gasteiger partial charge in [0.25, 0.3) is 0 Å². The van der Waals surface area contributed by atoms with E-state index in [2.05, 4.69) is 0 Å². The van der Waals surface area contributed by atoms with Gasteiger partial charge < -0.3 is 0 Å². The number of hydrogen-bond donors (Lipinski definition) is 0. The van der Waals surface area contributed by atoms with Crippen LogP contribution in [0.5, 0.6) is 0 Å². The molecular formula is C15H15FO2S. The van der Waals surface area contributed by atoms with Crippen molar-refractivity contribution in [2.45, 2.75) is 24.5 Å². The molecule has 0 fully saturated rings. The average Bonchev–Trinajstić information content (AvgIpc) is 2.27. The molecule has 0 bridgehead atoms. The quantitative estimate of drug-likeness (QED) is 0.806. The molecule has 0 heterocycles. The van der Waals surface area contributed by atoms with E-state index in [1.165, 1.54) is 12.1 Å². The number of sulfone groups is 1. The molecule has 2 nitrogen and oxygen atoms in total. The molecule has 0 aromatic heterocycles. The molecule has 0 unspecified atom stereocenters. The topological polar surface area (TPSA) is 34.1 Å². The van der Waals surface area contributed by atoms with Gasteiger partial charge in [-0.2, -0.15) is 0 Å². The molecule has 0 aliphatic heterocycles. The molecular weight excluding hydrogens is 263 g/mol. The van der Waals surface area contributed by atoms with Crippen LogP contribution in [0.3, 0.4) is 0 Å². The second-order valence-electron chi connectivity index (χ2n) is 4.71. The van der Waals surface area contributed by atoms with E-state index in [1.807, 2.05) is 32.0 Å². The van der Waals surface area contributed by atoms with Crippen molar-refractivity contribution in [3.05, 3.63) is 65.0 Å². The SMILES string of the molecule is Cc1cc(C)cc(CS(=O)(=O)c2ccc(F)cc2)c1. The van der Waals surface area contributed by atoms with E-state index in [4.69, 9.17) is 0 Å². The van der Waals surface area contributed by atoms with Crippen LogP contribution in [-0.2, 0) is 15.6 Å². The fourth-order valence-corrected chi connectivity index (χ4v) is 3.42. The van der Waals surface area contributed by atoms with Crippen molar-refractivity contribution in [1.29, 1.82) is 0 Å². The summed E-state index contributed by atoms with van der Waals surface area (Å²) in [5.74, 6) is -0.508. The van der Waals surface area contributed by atoms with Crippen LogP contribution in [0.4, 0.5) is 4.39 Å². The molecule has 2 rings (SSSR count). The highest BCUT2D eigenvalue weighted by Gasteiger charge is 2.15. The van der Waals surface area contributed by atoms with Gasteiger partial charge in [-0.15, -0.1) is 0 Å². The van der Waals surface area contributed by atoms with Crippen LogP contribution in [0.2, 0.25) is 0 Å². The molecule has 0 amide bonds. The number of hydrogen-bond acceptors (Lipinski definition) is 2. The first-order valence-electron chi connectivity index (χ1n) is 5.92. The normalized spacial score (nSPS) is 11.5. The van der Waals surface area contributed by atoms with Gasteiger partial charge in [0.1, 0.15) is 5.82 Å². The molecule has 19 heavy (non-hydrogen) atoms. The summed E-state index contributed by atoms with van der Waals surface area (Å²) in [4.78, 5) is 0.146. The van der Waals surface area contributed by atoms with Gasteiger partial charge in [0, 0.05) is 0 Å². The standard InChI is InChI=1S/C15H15FO2S/c1-11-7-12(2)9-13(8-11)10-19(17,18)15-5-3-14(16)4-6-15/h3-9H,10H2,1-2H3. The van der Waals surface area contributed by atoms with E-state index in [9.17, 15) is 12.8 Å². The van der Waals surface area contributed by atoms with Crippen LogP contribution in [-0.4, -0.2) is 8.42 Å². The molecule has 0 aliphatic rings. The Kier molecular flexibility index (Phi) is 3.71. The summed E-state index contributed by atoms with van der Waals surface area (Å²) in [5.41, 5.74) is 2.82. The third-order valence-electron chi connectivity index (χ3n) is 2.81. The van der Waals surface area contributed by atoms with Gasteiger partial charge in [0.2, 0.25) is 0 Å². The van der Waals surface area contributed by atoms with Crippen LogP contribution in [0.25, 0.3) is 0 Å².